The van der Waals surface area contributed by atoms with Gasteiger partial charge >= 0.3 is 5.97 Å². The number of carbonyl (C=O) groups is 1. The lowest BCUT2D eigenvalue weighted by molar-refractivity contribution is -0.0490. The van der Waals surface area contributed by atoms with Gasteiger partial charge in [0.2, 0.25) is 5.43 Å². The second kappa shape index (κ2) is 7.28. The van der Waals surface area contributed by atoms with Crippen LogP contribution in [0.2, 0.25) is 0 Å². The van der Waals surface area contributed by atoms with Gasteiger partial charge in [-0.25, -0.2) is 9.18 Å². The van der Waals surface area contributed by atoms with Gasteiger partial charge < -0.3 is 24.8 Å². The summed E-state index contributed by atoms with van der Waals surface area (Å²) < 4.78 is 17.4. The van der Waals surface area contributed by atoms with Crippen LogP contribution in [0.15, 0.2) is 17.1 Å². The number of rotatable bonds is 5. The van der Waals surface area contributed by atoms with E-state index < -0.39 is 28.0 Å². The highest BCUT2D eigenvalue weighted by Crippen LogP contribution is 2.56. The summed E-state index contributed by atoms with van der Waals surface area (Å²) in [5, 5.41) is 30.2. The number of hydrogen-bond donors (Lipinski definition) is 3. The molecule has 0 spiro atoms. The molecule has 1 saturated heterocycles. The van der Waals surface area contributed by atoms with E-state index in [-0.39, 0.29) is 30.2 Å². The first-order valence-electron chi connectivity index (χ1n) is 11.4. The molecule has 7 nitrogen and oxygen atoms in total. The quantitative estimate of drug-likeness (QED) is 0.655. The molecule has 1 aromatic heterocycles. The van der Waals surface area contributed by atoms with Crippen molar-refractivity contribution in [3.63, 3.8) is 0 Å². The van der Waals surface area contributed by atoms with Crippen LogP contribution >= 0.6 is 0 Å². The predicted octanol–water partition coefficient (Wildman–Crippen LogP) is 2.83. The van der Waals surface area contributed by atoms with E-state index in [2.05, 4.69) is 0 Å². The van der Waals surface area contributed by atoms with Gasteiger partial charge in [-0.1, -0.05) is 12.8 Å². The fourth-order valence-electron chi connectivity index (χ4n) is 6.34. The Morgan fingerprint density at radius 3 is 2.25 bits per heavy atom. The number of pyridine rings is 1. The van der Waals surface area contributed by atoms with Gasteiger partial charge in [0.15, 0.2) is 0 Å². The predicted molar refractivity (Wildman–Crippen MR) is 118 cm³/mol. The monoisotopic (exact) mass is 444 g/mol. The summed E-state index contributed by atoms with van der Waals surface area (Å²) in [6.45, 7) is 2.53. The van der Waals surface area contributed by atoms with Crippen molar-refractivity contribution in [3.8, 4) is 0 Å². The molecule has 2 aliphatic carbocycles. The van der Waals surface area contributed by atoms with E-state index in [1.165, 1.54) is 12.3 Å². The van der Waals surface area contributed by atoms with Crippen molar-refractivity contribution in [2.45, 2.75) is 51.5 Å². The van der Waals surface area contributed by atoms with E-state index in [1.807, 2.05) is 9.47 Å². The number of carboxylic acids is 1. The Morgan fingerprint density at radius 2 is 1.75 bits per heavy atom. The third kappa shape index (κ3) is 2.85. The number of aliphatic hydroxyl groups excluding tert-OH is 2. The Bertz CT molecular complexity index is 1150. The third-order valence-electron chi connectivity index (χ3n) is 8.24. The molecule has 5 rings (SSSR count). The molecule has 3 fully saturated rings. The van der Waals surface area contributed by atoms with Crippen molar-refractivity contribution in [1.82, 2.24) is 4.57 Å². The maximum absolute atomic E-state index is 15.6. The summed E-state index contributed by atoms with van der Waals surface area (Å²) in [6.07, 6.45) is 6.66. The number of aromatic carboxylic acids is 1. The van der Waals surface area contributed by atoms with Gasteiger partial charge in [0.05, 0.1) is 24.4 Å². The van der Waals surface area contributed by atoms with Gasteiger partial charge in [0.25, 0.3) is 0 Å². The van der Waals surface area contributed by atoms with E-state index in [1.54, 1.807) is 6.92 Å². The smallest absolute Gasteiger partial charge is 0.341 e. The van der Waals surface area contributed by atoms with Crippen LogP contribution in [-0.2, 0) is 0 Å². The Morgan fingerprint density at radius 1 is 1.16 bits per heavy atom. The summed E-state index contributed by atoms with van der Waals surface area (Å²) in [6, 6.07) is 1.27. The molecular weight excluding hydrogens is 415 g/mol. The molecule has 2 heterocycles. The normalized spacial score (nSPS) is 27.7. The van der Waals surface area contributed by atoms with Gasteiger partial charge in [0.1, 0.15) is 11.4 Å². The van der Waals surface area contributed by atoms with Crippen LogP contribution in [-0.4, -0.2) is 52.2 Å². The van der Waals surface area contributed by atoms with Crippen molar-refractivity contribution in [3.05, 3.63) is 39.4 Å². The molecule has 8 heteroatoms. The topological polar surface area (TPSA) is 103 Å². The lowest BCUT2D eigenvalue weighted by Gasteiger charge is -2.46. The van der Waals surface area contributed by atoms with Crippen LogP contribution in [0.5, 0.6) is 0 Å². The van der Waals surface area contributed by atoms with Gasteiger partial charge in [-0.3, -0.25) is 4.79 Å². The van der Waals surface area contributed by atoms with Crippen molar-refractivity contribution in [2.24, 2.45) is 10.8 Å². The second-order valence-corrected chi connectivity index (χ2v) is 9.98. The molecule has 0 radical (unpaired) electrons. The zero-order chi connectivity index (χ0) is 22.8. The Labute approximate surface area is 185 Å². The molecule has 0 bridgehead atoms. The molecule has 2 saturated carbocycles. The maximum Gasteiger partial charge on any atom is 0.341 e. The number of anilines is 1. The number of halogens is 1. The van der Waals surface area contributed by atoms with Crippen molar-refractivity contribution in [1.29, 1.82) is 0 Å². The molecule has 1 aliphatic heterocycles. The average molecular weight is 445 g/mol. The molecular formula is C24H29FN2O5. The van der Waals surface area contributed by atoms with Crippen LogP contribution in [0.4, 0.5) is 10.1 Å². The minimum atomic E-state index is -1.31. The van der Waals surface area contributed by atoms with Crippen LogP contribution in [0, 0.1) is 23.6 Å². The van der Waals surface area contributed by atoms with Gasteiger partial charge in [0, 0.05) is 41.5 Å². The van der Waals surface area contributed by atoms with Crippen molar-refractivity contribution < 1.29 is 24.5 Å². The standard InChI is InChI=1S/C24H29FN2O5/c1-14-19-16(21(30)17(22(31)32)9-27(19)15-4-5-15)8-18(25)20(14)26-10-23(12-28)6-2-3-7-24(23,11-26)13-29/h8-9,15,28-29H,2-7,10-13H2,1H3,(H,31,32)/t23-,24+. The number of nitrogens with zero attached hydrogens (tertiary/aromatic N) is 2. The molecule has 3 aliphatic rings. The summed E-state index contributed by atoms with van der Waals surface area (Å²) >= 11 is 0. The van der Waals surface area contributed by atoms with Crippen molar-refractivity contribution in [2.75, 3.05) is 31.2 Å². The van der Waals surface area contributed by atoms with Crippen LogP contribution in [0.1, 0.15) is 60.5 Å². The Balaban J connectivity index is 1.71. The summed E-state index contributed by atoms with van der Waals surface area (Å²) in [7, 11) is 0. The molecule has 172 valence electrons. The number of aryl methyl sites for hydroxylation is 1. The molecule has 2 aromatic rings. The Kier molecular flexibility index (Phi) is 4.87. The minimum absolute atomic E-state index is 0.0624. The molecule has 3 N–H and O–H groups in total. The van der Waals surface area contributed by atoms with E-state index in [4.69, 9.17) is 0 Å². The summed E-state index contributed by atoms with van der Waals surface area (Å²) in [5.41, 5.74) is -0.447. The number of benzene rings is 1. The van der Waals surface area contributed by atoms with Gasteiger partial charge in [-0.2, -0.15) is 0 Å². The zero-order valence-electron chi connectivity index (χ0n) is 18.2. The largest absolute Gasteiger partial charge is 0.477 e. The summed E-state index contributed by atoms with van der Waals surface area (Å²) in [4.78, 5) is 26.4. The van der Waals surface area contributed by atoms with Crippen LogP contribution in [0.25, 0.3) is 10.9 Å². The maximum atomic E-state index is 15.6. The zero-order valence-corrected chi connectivity index (χ0v) is 18.2. The van der Waals surface area contributed by atoms with Gasteiger partial charge in [-0.05, 0) is 44.2 Å². The first-order chi connectivity index (χ1) is 15.3. The number of aliphatic hydroxyl groups is 2. The van der Waals surface area contributed by atoms with E-state index in [0.29, 0.717) is 29.9 Å². The average Bonchev–Trinajstić information content (AvgIpc) is 3.55. The fourth-order valence-corrected chi connectivity index (χ4v) is 6.34. The van der Waals surface area contributed by atoms with Gasteiger partial charge in [-0.15, -0.1) is 0 Å². The number of carboxylic acid groups (broad SMARTS) is 1. The first kappa shape index (κ1) is 21.4. The fraction of sp³-hybridized carbons (Fsp3) is 0.583. The van der Waals surface area contributed by atoms with E-state index >= 15 is 4.39 Å². The number of hydrogen-bond acceptors (Lipinski definition) is 5. The highest BCUT2D eigenvalue weighted by molar-refractivity contribution is 5.95. The third-order valence-corrected chi connectivity index (χ3v) is 8.24. The summed E-state index contributed by atoms with van der Waals surface area (Å²) in [5.74, 6) is -1.89. The molecule has 0 unspecified atom stereocenters. The van der Waals surface area contributed by atoms with Crippen LogP contribution < -0.4 is 10.3 Å². The first-order valence-corrected chi connectivity index (χ1v) is 11.4. The second-order valence-electron chi connectivity index (χ2n) is 9.98. The number of fused-ring (bicyclic) bond motifs is 2. The highest BCUT2D eigenvalue weighted by atomic mass is 19.1. The molecule has 32 heavy (non-hydrogen) atoms. The van der Waals surface area contributed by atoms with Crippen molar-refractivity contribution >= 4 is 22.6 Å². The lowest BCUT2D eigenvalue weighted by atomic mass is 9.58. The molecule has 2 atom stereocenters. The molecule has 1 aromatic carbocycles. The minimum Gasteiger partial charge on any atom is -0.477 e. The van der Waals surface area contributed by atoms with E-state index in [9.17, 15) is 24.9 Å². The highest BCUT2D eigenvalue weighted by Gasteiger charge is 2.58. The molecule has 0 amide bonds. The van der Waals surface area contributed by atoms with Crippen LogP contribution in [0.3, 0.4) is 0 Å². The Hall–Kier alpha value is -2.45. The van der Waals surface area contributed by atoms with E-state index in [0.717, 1.165) is 38.5 Å². The number of aromatic nitrogens is 1. The lowest BCUT2D eigenvalue weighted by Crippen LogP contribution is -2.48. The SMILES string of the molecule is Cc1c(N2C[C@]3(CO)CCCC[C@]3(CO)C2)c(F)cc2c(=O)c(C(=O)O)cn(C3CC3)c12.